The topological polar surface area (TPSA) is 66.0 Å². The number of hydrogen-bond donors (Lipinski definition) is 2. The molecule has 0 amide bonds. The van der Waals surface area contributed by atoms with Crippen molar-refractivity contribution in [2.75, 3.05) is 0 Å². The summed E-state index contributed by atoms with van der Waals surface area (Å²) < 4.78 is 0. The Labute approximate surface area is 78.2 Å². The lowest BCUT2D eigenvalue weighted by molar-refractivity contribution is 0.0691. The molecule has 0 saturated heterocycles. The summed E-state index contributed by atoms with van der Waals surface area (Å²) in [7, 11) is 0. The standard InChI is InChI=1S/C8H5ClN2O2/c9-6-2-1-4-3-5(8(12)13)10-7(4)11-6/h1-3H,(H,10,11)(H,12,13). The Balaban J connectivity index is 2.68. The van der Waals surface area contributed by atoms with Gasteiger partial charge in [0.15, 0.2) is 0 Å². The number of nitrogens with one attached hydrogen (secondary N) is 1. The van der Waals surface area contributed by atoms with Crippen LogP contribution in [-0.4, -0.2) is 21.0 Å². The number of halogens is 1. The largest absolute Gasteiger partial charge is 0.477 e. The summed E-state index contributed by atoms with van der Waals surface area (Å²) in [6.45, 7) is 0. The number of pyridine rings is 1. The number of aromatic carboxylic acids is 1. The van der Waals surface area contributed by atoms with E-state index in [4.69, 9.17) is 16.7 Å². The molecule has 2 aromatic rings. The van der Waals surface area contributed by atoms with E-state index in [2.05, 4.69) is 9.97 Å². The second-order valence-electron chi connectivity index (χ2n) is 2.56. The fourth-order valence-electron chi connectivity index (χ4n) is 1.10. The Morgan fingerprint density at radius 2 is 2.31 bits per heavy atom. The van der Waals surface area contributed by atoms with Gasteiger partial charge in [0, 0.05) is 5.39 Å². The van der Waals surface area contributed by atoms with E-state index in [9.17, 15) is 4.79 Å². The molecule has 4 nitrogen and oxygen atoms in total. The van der Waals surface area contributed by atoms with Gasteiger partial charge in [-0.15, -0.1) is 0 Å². The van der Waals surface area contributed by atoms with E-state index in [0.29, 0.717) is 10.8 Å². The normalized spacial score (nSPS) is 10.5. The van der Waals surface area contributed by atoms with Gasteiger partial charge in [-0.3, -0.25) is 0 Å². The van der Waals surface area contributed by atoms with Crippen LogP contribution in [0.2, 0.25) is 5.15 Å². The van der Waals surface area contributed by atoms with Crippen LogP contribution >= 0.6 is 11.6 Å². The number of hydrogen-bond acceptors (Lipinski definition) is 2. The molecule has 2 aromatic heterocycles. The average Bonchev–Trinajstić information content (AvgIpc) is 2.46. The summed E-state index contributed by atoms with van der Waals surface area (Å²) in [6, 6.07) is 4.85. The van der Waals surface area contributed by atoms with Gasteiger partial charge >= 0.3 is 5.97 Å². The van der Waals surface area contributed by atoms with Crippen LogP contribution in [-0.2, 0) is 0 Å². The lowest BCUT2D eigenvalue weighted by Gasteiger charge is -1.88. The number of carboxylic acids is 1. The van der Waals surface area contributed by atoms with Gasteiger partial charge in [0.1, 0.15) is 16.5 Å². The summed E-state index contributed by atoms with van der Waals surface area (Å²) in [6.07, 6.45) is 0. The van der Waals surface area contributed by atoms with Crippen molar-refractivity contribution in [1.29, 1.82) is 0 Å². The van der Waals surface area contributed by atoms with Crippen LogP contribution in [0.1, 0.15) is 10.5 Å². The van der Waals surface area contributed by atoms with Crippen LogP contribution in [0, 0.1) is 0 Å². The molecular formula is C8H5ClN2O2. The van der Waals surface area contributed by atoms with Crippen molar-refractivity contribution in [3.8, 4) is 0 Å². The number of carboxylic acid groups (broad SMARTS) is 1. The van der Waals surface area contributed by atoms with Crippen LogP contribution in [0.3, 0.4) is 0 Å². The quantitative estimate of drug-likeness (QED) is 0.685. The molecule has 0 aliphatic rings. The van der Waals surface area contributed by atoms with Gasteiger partial charge in [0.25, 0.3) is 0 Å². The molecule has 2 rings (SSSR count). The van der Waals surface area contributed by atoms with E-state index in [1.807, 2.05) is 0 Å². The maximum atomic E-state index is 10.6. The Morgan fingerprint density at radius 1 is 1.54 bits per heavy atom. The molecule has 0 atom stereocenters. The van der Waals surface area contributed by atoms with Crippen molar-refractivity contribution in [1.82, 2.24) is 9.97 Å². The zero-order valence-corrected chi connectivity index (χ0v) is 7.17. The number of aromatic nitrogens is 2. The van der Waals surface area contributed by atoms with Gasteiger partial charge < -0.3 is 10.1 Å². The molecule has 2 N–H and O–H groups in total. The molecule has 0 fully saturated rings. The third-order valence-electron chi connectivity index (χ3n) is 1.68. The van der Waals surface area contributed by atoms with Crippen LogP contribution in [0.25, 0.3) is 11.0 Å². The molecule has 0 aliphatic carbocycles. The summed E-state index contributed by atoms with van der Waals surface area (Å²) in [5.74, 6) is -1.01. The van der Waals surface area contributed by atoms with E-state index in [1.165, 1.54) is 6.07 Å². The van der Waals surface area contributed by atoms with E-state index in [-0.39, 0.29) is 5.69 Å². The minimum Gasteiger partial charge on any atom is -0.477 e. The second kappa shape index (κ2) is 2.74. The number of H-pyrrole nitrogens is 1. The molecule has 66 valence electrons. The first kappa shape index (κ1) is 8.07. The maximum absolute atomic E-state index is 10.6. The van der Waals surface area contributed by atoms with Crippen LogP contribution < -0.4 is 0 Å². The molecule has 5 heteroatoms. The summed E-state index contributed by atoms with van der Waals surface area (Å²) in [4.78, 5) is 17.1. The van der Waals surface area contributed by atoms with Gasteiger partial charge in [-0.2, -0.15) is 0 Å². The zero-order chi connectivity index (χ0) is 9.42. The smallest absolute Gasteiger partial charge is 0.352 e. The second-order valence-corrected chi connectivity index (χ2v) is 2.95. The van der Waals surface area contributed by atoms with E-state index < -0.39 is 5.97 Å². The fraction of sp³-hybridized carbons (Fsp3) is 0. The lowest BCUT2D eigenvalue weighted by atomic mass is 10.3. The highest BCUT2D eigenvalue weighted by Gasteiger charge is 2.07. The predicted molar refractivity (Wildman–Crippen MR) is 48.1 cm³/mol. The van der Waals surface area contributed by atoms with Crippen molar-refractivity contribution >= 4 is 28.6 Å². The van der Waals surface area contributed by atoms with Gasteiger partial charge in [-0.05, 0) is 18.2 Å². The Hall–Kier alpha value is -1.55. The van der Waals surface area contributed by atoms with Gasteiger partial charge in [0.2, 0.25) is 0 Å². The molecule has 0 radical (unpaired) electrons. The molecule has 13 heavy (non-hydrogen) atoms. The molecule has 2 heterocycles. The van der Waals surface area contributed by atoms with Gasteiger partial charge in [-0.25, -0.2) is 9.78 Å². The molecule has 0 aromatic carbocycles. The van der Waals surface area contributed by atoms with Crippen molar-refractivity contribution < 1.29 is 9.90 Å². The van der Waals surface area contributed by atoms with Gasteiger partial charge in [0.05, 0.1) is 0 Å². The number of aromatic amines is 1. The number of carbonyl (C=O) groups is 1. The number of fused-ring (bicyclic) bond motifs is 1. The monoisotopic (exact) mass is 196 g/mol. The minimum atomic E-state index is -1.01. The van der Waals surface area contributed by atoms with Crippen LogP contribution in [0.5, 0.6) is 0 Å². The van der Waals surface area contributed by atoms with Crippen molar-refractivity contribution in [3.05, 3.63) is 29.0 Å². The highest BCUT2D eigenvalue weighted by Crippen LogP contribution is 2.15. The third-order valence-corrected chi connectivity index (χ3v) is 1.89. The lowest BCUT2D eigenvalue weighted by Crippen LogP contribution is -1.94. The molecular weight excluding hydrogens is 192 g/mol. The van der Waals surface area contributed by atoms with E-state index in [1.54, 1.807) is 12.1 Å². The number of rotatable bonds is 1. The average molecular weight is 197 g/mol. The van der Waals surface area contributed by atoms with Crippen molar-refractivity contribution in [2.45, 2.75) is 0 Å². The van der Waals surface area contributed by atoms with E-state index >= 15 is 0 Å². The molecule has 0 aliphatic heterocycles. The van der Waals surface area contributed by atoms with Gasteiger partial charge in [-0.1, -0.05) is 11.6 Å². The summed E-state index contributed by atoms with van der Waals surface area (Å²) in [5.41, 5.74) is 0.606. The molecule has 0 spiro atoms. The highest BCUT2D eigenvalue weighted by molar-refractivity contribution is 6.29. The SMILES string of the molecule is O=C(O)c1cc2ccc(Cl)nc2[nH]1. The fourth-order valence-corrected chi connectivity index (χ4v) is 1.24. The molecule has 0 saturated carbocycles. The molecule has 0 bridgehead atoms. The van der Waals surface area contributed by atoms with Crippen LogP contribution in [0.4, 0.5) is 0 Å². The van der Waals surface area contributed by atoms with Crippen molar-refractivity contribution in [3.63, 3.8) is 0 Å². The Bertz CT molecular complexity index is 478. The Morgan fingerprint density at radius 3 is 3.00 bits per heavy atom. The van der Waals surface area contributed by atoms with E-state index in [0.717, 1.165) is 5.39 Å². The first-order valence-electron chi connectivity index (χ1n) is 3.55. The molecule has 0 unspecified atom stereocenters. The highest BCUT2D eigenvalue weighted by atomic mass is 35.5. The third kappa shape index (κ3) is 1.36. The van der Waals surface area contributed by atoms with Crippen molar-refractivity contribution in [2.24, 2.45) is 0 Å². The number of nitrogens with zero attached hydrogens (tertiary/aromatic N) is 1. The summed E-state index contributed by atoms with van der Waals surface area (Å²) in [5, 5.41) is 9.74. The first-order valence-corrected chi connectivity index (χ1v) is 3.93. The predicted octanol–water partition coefficient (Wildman–Crippen LogP) is 1.91. The maximum Gasteiger partial charge on any atom is 0.352 e. The van der Waals surface area contributed by atoms with Crippen LogP contribution in [0.15, 0.2) is 18.2 Å². The summed E-state index contributed by atoms with van der Waals surface area (Å²) >= 11 is 5.63. The minimum absolute atomic E-state index is 0.116. The Kier molecular flexibility index (Phi) is 1.70. The zero-order valence-electron chi connectivity index (χ0n) is 6.41. The first-order chi connectivity index (χ1) is 6.16.